The molecule has 1 aliphatic rings. The van der Waals surface area contributed by atoms with Crippen molar-refractivity contribution in [1.82, 2.24) is 4.98 Å². The maximum Gasteiger partial charge on any atom is 0.181 e. The van der Waals surface area contributed by atoms with Gasteiger partial charge >= 0.3 is 0 Å². The molecule has 1 aromatic heterocycles. The van der Waals surface area contributed by atoms with E-state index in [0.29, 0.717) is 29.5 Å². The fraction of sp³-hybridized carbons (Fsp3) is 0.143. The third kappa shape index (κ3) is 3.12. The van der Waals surface area contributed by atoms with Crippen molar-refractivity contribution in [1.29, 1.82) is 5.26 Å². The van der Waals surface area contributed by atoms with Crippen LogP contribution in [-0.4, -0.2) is 18.7 Å². The highest BCUT2D eigenvalue weighted by atomic mass is 32.2. The van der Waals surface area contributed by atoms with Crippen molar-refractivity contribution in [2.24, 2.45) is 0 Å². The molecule has 2 aromatic carbocycles. The molecule has 7 heteroatoms. The van der Waals surface area contributed by atoms with Crippen molar-refractivity contribution < 1.29 is 12.8 Å². The second-order valence-corrected chi connectivity index (χ2v) is 8.88. The van der Waals surface area contributed by atoms with Gasteiger partial charge in [0.2, 0.25) is 0 Å². The molecule has 0 unspecified atom stereocenters. The van der Waals surface area contributed by atoms with Crippen LogP contribution in [0.3, 0.4) is 0 Å². The summed E-state index contributed by atoms with van der Waals surface area (Å²) >= 11 is 0. The van der Waals surface area contributed by atoms with Gasteiger partial charge in [0.25, 0.3) is 0 Å². The van der Waals surface area contributed by atoms with Gasteiger partial charge in [-0.3, -0.25) is 0 Å². The highest BCUT2D eigenvalue weighted by Crippen LogP contribution is 2.38. The molecular formula is C21H16FN3O2S. The van der Waals surface area contributed by atoms with Crippen LogP contribution in [0.5, 0.6) is 0 Å². The first-order valence-electron chi connectivity index (χ1n) is 8.71. The zero-order chi connectivity index (χ0) is 19.9. The van der Waals surface area contributed by atoms with Gasteiger partial charge in [-0.1, -0.05) is 30.3 Å². The molecule has 4 rings (SSSR count). The molecule has 1 heterocycles. The van der Waals surface area contributed by atoms with Gasteiger partial charge in [0, 0.05) is 16.7 Å². The summed E-state index contributed by atoms with van der Waals surface area (Å²) in [6, 6.07) is 16.1. The van der Waals surface area contributed by atoms with Crippen LogP contribution in [0, 0.1) is 17.1 Å². The maximum atomic E-state index is 14.9. The van der Waals surface area contributed by atoms with Gasteiger partial charge in [-0.25, -0.2) is 17.8 Å². The van der Waals surface area contributed by atoms with Gasteiger partial charge < -0.3 is 5.73 Å². The van der Waals surface area contributed by atoms with Crippen LogP contribution in [-0.2, 0) is 9.84 Å². The Kier molecular flexibility index (Phi) is 4.36. The van der Waals surface area contributed by atoms with Gasteiger partial charge in [-0.2, -0.15) is 5.26 Å². The number of nitrogens with two attached hydrogens (primary N) is 1. The van der Waals surface area contributed by atoms with E-state index in [0.717, 1.165) is 0 Å². The van der Waals surface area contributed by atoms with Gasteiger partial charge in [-0.05, 0) is 42.7 Å². The Labute approximate surface area is 162 Å². The Hall–Kier alpha value is -3.24. The summed E-state index contributed by atoms with van der Waals surface area (Å²) in [6.45, 7) is 0. The molecule has 1 saturated carbocycles. The van der Waals surface area contributed by atoms with Crippen LogP contribution in [0.15, 0.2) is 59.5 Å². The predicted molar refractivity (Wildman–Crippen MR) is 104 cm³/mol. The minimum atomic E-state index is -3.42. The van der Waals surface area contributed by atoms with Crippen LogP contribution >= 0.6 is 0 Å². The molecule has 0 atom stereocenters. The average Bonchev–Trinajstić information content (AvgIpc) is 3.54. The minimum Gasteiger partial charge on any atom is -0.384 e. The van der Waals surface area contributed by atoms with Gasteiger partial charge in [0.05, 0.1) is 10.1 Å². The van der Waals surface area contributed by atoms with E-state index < -0.39 is 15.7 Å². The topological polar surface area (TPSA) is 96.8 Å². The Morgan fingerprint density at radius 1 is 1.04 bits per heavy atom. The van der Waals surface area contributed by atoms with Crippen molar-refractivity contribution in [2.75, 3.05) is 5.73 Å². The van der Waals surface area contributed by atoms with Crippen LogP contribution in [0.4, 0.5) is 10.2 Å². The lowest BCUT2D eigenvalue weighted by molar-refractivity contribution is 0.595. The molecular weight excluding hydrogens is 377 g/mol. The van der Waals surface area contributed by atoms with Crippen molar-refractivity contribution >= 4 is 15.7 Å². The number of aromatic nitrogens is 1. The molecule has 5 nitrogen and oxygen atoms in total. The molecule has 0 amide bonds. The van der Waals surface area contributed by atoms with Crippen LogP contribution in [0.1, 0.15) is 18.5 Å². The summed E-state index contributed by atoms with van der Waals surface area (Å²) in [5, 5.41) is 8.90. The number of nitriles is 1. The summed E-state index contributed by atoms with van der Waals surface area (Å²) in [5.41, 5.74) is 7.09. The standard InChI is InChI=1S/C21H16FN3O2S/c22-18-11-13(5-8-16(18)17-9-10-21(24)25-19(17)12-23)15-3-1-2-4-20(15)28(26,27)14-6-7-14/h1-5,8-11,14H,6-7H2,(H2,24,25). The number of halogens is 1. The van der Waals surface area contributed by atoms with E-state index in [2.05, 4.69) is 4.98 Å². The summed E-state index contributed by atoms with van der Waals surface area (Å²) in [6.07, 6.45) is 1.32. The Morgan fingerprint density at radius 2 is 1.75 bits per heavy atom. The van der Waals surface area contributed by atoms with E-state index in [1.807, 2.05) is 6.07 Å². The lowest BCUT2D eigenvalue weighted by atomic mass is 9.99. The lowest BCUT2D eigenvalue weighted by Crippen LogP contribution is -2.08. The largest absolute Gasteiger partial charge is 0.384 e. The number of hydrogen-bond donors (Lipinski definition) is 1. The van der Waals surface area contributed by atoms with E-state index in [1.165, 1.54) is 18.2 Å². The molecule has 1 aliphatic carbocycles. The van der Waals surface area contributed by atoms with E-state index in [9.17, 15) is 18.1 Å². The monoisotopic (exact) mass is 393 g/mol. The average molecular weight is 393 g/mol. The normalized spacial score (nSPS) is 13.9. The highest BCUT2D eigenvalue weighted by molar-refractivity contribution is 7.92. The number of nitrogens with zero attached hydrogens (tertiary/aromatic N) is 2. The fourth-order valence-corrected chi connectivity index (χ4v) is 5.07. The first-order valence-corrected chi connectivity index (χ1v) is 10.3. The first kappa shape index (κ1) is 18.1. The Balaban J connectivity index is 1.82. The second kappa shape index (κ2) is 6.73. The number of benzene rings is 2. The highest BCUT2D eigenvalue weighted by Gasteiger charge is 2.38. The van der Waals surface area contributed by atoms with E-state index in [1.54, 1.807) is 36.4 Å². The molecule has 2 N–H and O–H groups in total. The molecule has 3 aromatic rings. The first-order chi connectivity index (χ1) is 13.4. The lowest BCUT2D eigenvalue weighted by Gasteiger charge is -2.12. The molecule has 1 fully saturated rings. The Bertz CT molecular complexity index is 1230. The van der Waals surface area contributed by atoms with Crippen LogP contribution in [0.2, 0.25) is 0 Å². The van der Waals surface area contributed by atoms with Gasteiger partial charge in [-0.15, -0.1) is 0 Å². The SMILES string of the molecule is N#Cc1nc(N)ccc1-c1ccc(-c2ccccc2S(=O)(=O)C2CC2)cc1F. The molecule has 0 saturated heterocycles. The van der Waals surface area contributed by atoms with Crippen molar-refractivity contribution in [3.63, 3.8) is 0 Å². The molecule has 0 aliphatic heterocycles. The summed E-state index contributed by atoms with van der Waals surface area (Å²) in [4.78, 5) is 4.15. The second-order valence-electron chi connectivity index (χ2n) is 6.68. The fourth-order valence-electron chi connectivity index (χ4n) is 3.19. The number of nitrogen functional groups attached to an aromatic ring is 1. The van der Waals surface area contributed by atoms with E-state index in [4.69, 9.17) is 5.73 Å². The molecule has 0 bridgehead atoms. The number of anilines is 1. The minimum absolute atomic E-state index is 0.0309. The van der Waals surface area contributed by atoms with Crippen molar-refractivity contribution in [3.8, 4) is 28.3 Å². The van der Waals surface area contributed by atoms with Crippen molar-refractivity contribution in [2.45, 2.75) is 23.0 Å². The van der Waals surface area contributed by atoms with E-state index >= 15 is 0 Å². The van der Waals surface area contributed by atoms with Gasteiger partial charge in [0.1, 0.15) is 17.7 Å². The smallest absolute Gasteiger partial charge is 0.181 e. The van der Waals surface area contributed by atoms with Gasteiger partial charge in [0.15, 0.2) is 15.5 Å². The van der Waals surface area contributed by atoms with Crippen LogP contribution in [0.25, 0.3) is 22.3 Å². The molecule has 28 heavy (non-hydrogen) atoms. The third-order valence-electron chi connectivity index (χ3n) is 4.75. The number of pyridine rings is 1. The predicted octanol–water partition coefficient (Wildman–Crippen LogP) is 3.94. The quantitative estimate of drug-likeness (QED) is 0.724. The summed E-state index contributed by atoms with van der Waals surface area (Å²) < 4.78 is 40.4. The maximum absolute atomic E-state index is 14.9. The van der Waals surface area contributed by atoms with E-state index in [-0.39, 0.29) is 27.2 Å². The number of rotatable bonds is 4. The zero-order valence-electron chi connectivity index (χ0n) is 14.8. The molecule has 0 spiro atoms. The zero-order valence-corrected chi connectivity index (χ0v) is 15.6. The Morgan fingerprint density at radius 3 is 2.43 bits per heavy atom. The summed E-state index contributed by atoms with van der Waals surface area (Å²) in [7, 11) is -3.42. The number of hydrogen-bond acceptors (Lipinski definition) is 5. The van der Waals surface area contributed by atoms with Crippen LogP contribution < -0.4 is 5.73 Å². The molecule has 140 valence electrons. The third-order valence-corrected chi connectivity index (χ3v) is 7.07. The molecule has 0 radical (unpaired) electrons. The summed E-state index contributed by atoms with van der Waals surface area (Å²) in [5.74, 6) is -0.393. The number of sulfone groups is 1. The van der Waals surface area contributed by atoms with Crippen molar-refractivity contribution in [3.05, 3.63) is 66.1 Å².